The van der Waals surface area contributed by atoms with Gasteiger partial charge in [-0.3, -0.25) is 9.48 Å². The van der Waals surface area contributed by atoms with Crippen LogP contribution < -0.4 is 4.74 Å². The third-order valence-electron chi connectivity index (χ3n) is 2.95. The van der Waals surface area contributed by atoms with E-state index in [0.717, 1.165) is 29.7 Å². The predicted octanol–water partition coefficient (Wildman–Crippen LogP) is 2.70. The second-order valence-corrected chi connectivity index (χ2v) is 4.05. The molecule has 18 heavy (non-hydrogen) atoms. The Morgan fingerprint density at radius 3 is 2.72 bits per heavy atom. The van der Waals surface area contributed by atoms with Crippen LogP contribution in [-0.4, -0.2) is 23.2 Å². The molecule has 94 valence electrons. The topological polar surface area (TPSA) is 44.1 Å². The van der Waals surface area contributed by atoms with Gasteiger partial charge in [0.05, 0.1) is 12.8 Å². The van der Waals surface area contributed by atoms with Crippen molar-refractivity contribution in [1.29, 1.82) is 0 Å². The summed E-state index contributed by atoms with van der Waals surface area (Å²) in [7, 11) is 1.59. The van der Waals surface area contributed by atoms with Crippen LogP contribution in [0, 0.1) is 6.92 Å². The zero-order chi connectivity index (χ0) is 13.1. The number of ether oxygens (including phenoxy) is 1. The number of hydrogen-bond donors (Lipinski definition) is 0. The van der Waals surface area contributed by atoms with Gasteiger partial charge < -0.3 is 4.74 Å². The largest absolute Gasteiger partial charge is 0.497 e. The average molecular weight is 244 g/mol. The number of aryl methyl sites for hydroxylation is 2. The molecule has 0 fully saturated rings. The number of nitrogens with zero attached hydrogens (tertiary/aromatic N) is 2. The van der Waals surface area contributed by atoms with Crippen LogP contribution in [0.25, 0.3) is 11.1 Å². The molecule has 0 saturated heterocycles. The van der Waals surface area contributed by atoms with E-state index < -0.39 is 0 Å². The maximum atomic E-state index is 11.2. The Hall–Kier alpha value is -2.10. The smallest absolute Gasteiger partial charge is 0.150 e. The lowest BCUT2D eigenvalue weighted by atomic mass is 10.0. The van der Waals surface area contributed by atoms with Gasteiger partial charge in [0.15, 0.2) is 6.29 Å². The number of hydrogen-bond acceptors (Lipinski definition) is 3. The Balaban J connectivity index is 2.55. The number of rotatable bonds is 4. The Morgan fingerprint density at radius 2 is 2.17 bits per heavy atom. The molecular weight excluding hydrogens is 228 g/mol. The van der Waals surface area contributed by atoms with Crippen molar-refractivity contribution in [1.82, 2.24) is 9.78 Å². The number of benzene rings is 1. The van der Waals surface area contributed by atoms with E-state index in [1.807, 2.05) is 36.9 Å². The first-order valence-electron chi connectivity index (χ1n) is 5.87. The minimum atomic E-state index is 0.619. The Labute approximate surface area is 106 Å². The van der Waals surface area contributed by atoms with Crippen LogP contribution in [0.1, 0.15) is 23.0 Å². The van der Waals surface area contributed by atoms with E-state index in [9.17, 15) is 4.79 Å². The lowest BCUT2D eigenvalue weighted by Crippen LogP contribution is -1.93. The maximum absolute atomic E-state index is 11.2. The zero-order valence-corrected chi connectivity index (χ0v) is 10.8. The summed E-state index contributed by atoms with van der Waals surface area (Å²) < 4.78 is 6.99. The standard InChI is InChI=1S/C14H16N2O2/c1-4-16-8-14(10(2)15-16)13-6-5-12(18-3)7-11(13)9-17/h5-9H,4H2,1-3H3. The van der Waals surface area contributed by atoms with Crippen molar-refractivity contribution in [3.05, 3.63) is 35.7 Å². The molecule has 0 bridgehead atoms. The molecule has 0 aliphatic rings. The van der Waals surface area contributed by atoms with Gasteiger partial charge >= 0.3 is 0 Å². The highest BCUT2D eigenvalue weighted by molar-refractivity contribution is 5.88. The van der Waals surface area contributed by atoms with Crippen molar-refractivity contribution in [2.75, 3.05) is 7.11 Å². The fourth-order valence-corrected chi connectivity index (χ4v) is 1.95. The van der Waals surface area contributed by atoms with Crippen LogP contribution >= 0.6 is 0 Å². The van der Waals surface area contributed by atoms with Crippen molar-refractivity contribution in [2.24, 2.45) is 0 Å². The highest BCUT2D eigenvalue weighted by atomic mass is 16.5. The molecule has 1 aromatic heterocycles. The van der Waals surface area contributed by atoms with E-state index in [1.54, 1.807) is 13.2 Å². The first-order chi connectivity index (χ1) is 8.69. The number of aldehydes is 1. The quantitative estimate of drug-likeness (QED) is 0.777. The lowest BCUT2D eigenvalue weighted by molar-refractivity contribution is 0.112. The first-order valence-corrected chi connectivity index (χ1v) is 5.87. The molecule has 0 aliphatic heterocycles. The van der Waals surface area contributed by atoms with Crippen molar-refractivity contribution in [3.8, 4) is 16.9 Å². The van der Waals surface area contributed by atoms with E-state index in [2.05, 4.69) is 5.10 Å². The average Bonchev–Trinajstić information content (AvgIpc) is 2.79. The minimum absolute atomic E-state index is 0.619. The van der Waals surface area contributed by atoms with Gasteiger partial charge in [0, 0.05) is 23.9 Å². The van der Waals surface area contributed by atoms with Crippen LogP contribution in [0.5, 0.6) is 5.75 Å². The molecule has 0 amide bonds. The predicted molar refractivity (Wildman–Crippen MR) is 70.0 cm³/mol. The molecular formula is C14H16N2O2. The minimum Gasteiger partial charge on any atom is -0.497 e. The van der Waals surface area contributed by atoms with Gasteiger partial charge in [0.25, 0.3) is 0 Å². The molecule has 0 N–H and O–H groups in total. The molecule has 1 heterocycles. The van der Waals surface area contributed by atoms with E-state index >= 15 is 0 Å². The fraction of sp³-hybridized carbons (Fsp3) is 0.286. The third-order valence-corrected chi connectivity index (χ3v) is 2.95. The van der Waals surface area contributed by atoms with Gasteiger partial charge in [-0.1, -0.05) is 0 Å². The summed E-state index contributed by atoms with van der Waals surface area (Å²) in [5.74, 6) is 0.682. The Morgan fingerprint density at radius 1 is 1.39 bits per heavy atom. The molecule has 0 unspecified atom stereocenters. The summed E-state index contributed by atoms with van der Waals surface area (Å²) in [5.41, 5.74) is 3.42. The van der Waals surface area contributed by atoms with E-state index in [4.69, 9.17) is 4.74 Å². The summed E-state index contributed by atoms with van der Waals surface area (Å²) in [4.78, 5) is 11.2. The SMILES string of the molecule is CCn1cc(-c2ccc(OC)cc2C=O)c(C)n1. The second kappa shape index (κ2) is 5.04. The summed E-state index contributed by atoms with van der Waals surface area (Å²) in [6.45, 7) is 4.79. The van der Waals surface area contributed by atoms with Crippen LogP contribution in [0.4, 0.5) is 0 Å². The Bertz CT molecular complexity index is 573. The third kappa shape index (κ3) is 2.14. The molecule has 1 aromatic carbocycles. The molecule has 0 aliphatic carbocycles. The molecule has 2 rings (SSSR count). The monoisotopic (exact) mass is 244 g/mol. The zero-order valence-electron chi connectivity index (χ0n) is 10.8. The van der Waals surface area contributed by atoms with E-state index in [1.165, 1.54) is 0 Å². The summed E-state index contributed by atoms with van der Waals surface area (Å²) in [6.07, 6.45) is 2.81. The Kier molecular flexibility index (Phi) is 3.46. The number of aromatic nitrogens is 2. The number of carbonyl (C=O) groups excluding carboxylic acids is 1. The lowest BCUT2D eigenvalue weighted by Gasteiger charge is -2.06. The van der Waals surface area contributed by atoms with Gasteiger partial charge in [-0.2, -0.15) is 5.10 Å². The molecule has 0 radical (unpaired) electrons. The maximum Gasteiger partial charge on any atom is 0.150 e. The van der Waals surface area contributed by atoms with Crippen LogP contribution in [0.3, 0.4) is 0 Å². The first kappa shape index (κ1) is 12.4. The van der Waals surface area contributed by atoms with Crippen molar-refractivity contribution < 1.29 is 9.53 Å². The van der Waals surface area contributed by atoms with Gasteiger partial charge in [-0.25, -0.2) is 0 Å². The van der Waals surface area contributed by atoms with Crippen LogP contribution in [-0.2, 0) is 6.54 Å². The molecule has 0 atom stereocenters. The van der Waals surface area contributed by atoms with Crippen molar-refractivity contribution >= 4 is 6.29 Å². The second-order valence-electron chi connectivity index (χ2n) is 4.05. The molecule has 2 aromatic rings. The summed E-state index contributed by atoms with van der Waals surface area (Å²) >= 11 is 0. The van der Waals surface area contributed by atoms with Gasteiger partial charge in [-0.05, 0) is 37.6 Å². The van der Waals surface area contributed by atoms with Gasteiger partial charge in [0.1, 0.15) is 5.75 Å². The molecule has 4 nitrogen and oxygen atoms in total. The highest BCUT2D eigenvalue weighted by Crippen LogP contribution is 2.28. The van der Waals surface area contributed by atoms with Crippen molar-refractivity contribution in [2.45, 2.75) is 20.4 Å². The summed E-state index contributed by atoms with van der Waals surface area (Å²) in [5, 5.41) is 4.39. The molecule has 0 saturated carbocycles. The molecule has 0 spiro atoms. The fourth-order valence-electron chi connectivity index (χ4n) is 1.95. The van der Waals surface area contributed by atoms with Crippen molar-refractivity contribution in [3.63, 3.8) is 0 Å². The van der Waals surface area contributed by atoms with E-state index in [-0.39, 0.29) is 0 Å². The normalized spacial score (nSPS) is 10.4. The van der Waals surface area contributed by atoms with Crippen LogP contribution in [0.15, 0.2) is 24.4 Å². The number of methoxy groups -OCH3 is 1. The highest BCUT2D eigenvalue weighted by Gasteiger charge is 2.11. The van der Waals surface area contributed by atoms with Gasteiger partial charge in [-0.15, -0.1) is 0 Å². The molecule has 4 heteroatoms. The number of carbonyl (C=O) groups is 1. The van der Waals surface area contributed by atoms with Crippen LogP contribution in [0.2, 0.25) is 0 Å². The van der Waals surface area contributed by atoms with E-state index in [0.29, 0.717) is 11.3 Å². The van der Waals surface area contributed by atoms with Gasteiger partial charge in [0.2, 0.25) is 0 Å². The summed E-state index contributed by atoms with van der Waals surface area (Å²) in [6, 6.07) is 5.49.